The van der Waals surface area contributed by atoms with E-state index in [2.05, 4.69) is 5.32 Å². The van der Waals surface area contributed by atoms with Crippen LogP contribution in [0.25, 0.3) is 0 Å². The summed E-state index contributed by atoms with van der Waals surface area (Å²) in [5.74, 6) is -0.710. The highest BCUT2D eigenvalue weighted by molar-refractivity contribution is 5.93. The monoisotopic (exact) mass is 284 g/mol. The molecule has 1 N–H and O–H groups in total. The number of amides is 2. The Hall–Kier alpha value is -1.13. The maximum absolute atomic E-state index is 13.8. The molecule has 2 amide bonds. The Bertz CT molecular complexity index is 413. The van der Waals surface area contributed by atoms with Gasteiger partial charge in [0.25, 0.3) is 5.91 Å². The van der Waals surface area contributed by atoms with Gasteiger partial charge in [0, 0.05) is 12.6 Å². The van der Waals surface area contributed by atoms with Gasteiger partial charge in [-0.05, 0) is 38.0 Å². The molecule has 4 nitrogen and oxygen atoms in total. The summed E-state index contributed by atoms with van der Waals surface area (Å²) in [7, 11) is 0. The molecule has 2 fully saturated rings. The number of halogens is 1. The van der Waals surface area contributed by atoms with Gasteiger partial charge in [-0.3, -0.25) is 9.59 Å². The van der Waals surface area contributed by atoms with Crippen molar-refractivity contribution in [2.45, 2.75) is 71.1 Å². The highest BCUT2D eigenvalue weighted by Gasteiger charge is 2.52. The first-order chi connectivity index (χ1) is 9.15. The fourth-order valence-corrected chi connectivity index (χ4v) is 2.67. The molecule has 1 unspecified atom stereocenters. The number of carbonyl (C=O) groups is 2. The molecule has 20 heavy (non-hydrogen) atoms. The molecular weight excluding hydrogens is 259 g/mol. The largest absolute Gasteiger partial charge is 0.341 e. The average Bonchev–Trinajstić information content (AvgIpc) is 2.94. The molecule has 2 atom stereocenters. The third kappa shape index (κ3) is 2.96. The van der Waals surface area contributed by atoms with Crippen molar-refractivity contribution in [2.75, 3.05) is 6.54 Å². The minimum atomic E-state index is -1.74. The second-order valence-corrected chi connectivity index (χ2v) is 7.26. The van der Waals surface area contributed by atoms with E-state index in [1.54, 1.807) is 0 Å². The molecule has 1 saturated heterocycles. The Labute approximate surface area is 120 Å². The van der Waals surface area contributed by atoms with Crippen molar-refractivity contribution < 1.29 is 14.0 Å². The van der Waals surface area contributed by atoms with Crippen molar-refractivity contribution in [3.63, 3.8) is 0 Å². The maximum atomic E-state index is 13.8. The van der Waals surface area contributed by atoms with Gasteiger partial charge in [-0.1, -0.05) is 20.8 Å². The lowest BCUT2D eigenvalue weighted by atomic mass is 9.85. The van der Waals surface area contributed by atoms with E-state index in [-0.39, 0.29) is 24.8 Å². The van der Waals surface area contributed by atoms with Crippen molar-refractivity contribution in [1.82, 2.24) is 10.2 Å². The number of hydrogen-bond acceptors (Lipinski definition) is 2. The quantitative estimate of drug-likeness (QED) is 0.862. The molecule has 2 rings (SSSR count). The number of rotatable bonds is 3. The summed E-state index contributed by atoms with van der Waals surface area (Å²) >= 11 is 0. The van der Waals surface area contributed by atoms with Crippen LogP contribution in [0.1, 0.15) is 53.4 Å². The molecular formula is C15H25FN2O2. The summed E-state index contributed by atoms with van der Waals surface area (Å²) in [6.07, 6.45) is 2.52. The topological polar surface area (TPSA) is 49.4 Å². The van der Waals surface area contributed by atoms with Gasteiger partial charge in [0.1, 0.15) is 6.04 Å². The number of likely N-dealkylation sites (tertiary alicyclic amines) is 1. The van der Waals surface area contributed by atoms with Crippen LogP contribution in [-0.4, -0.2) is 41.0 Å². The summed E-state index contributed by atoms with van der Waals surface area (Å²) < 4.78 is 13.8. The predicted octanol–water partition coefficient (Wildman–Crippen LogP) is 2.03. The van der Waals surface area contributed by atoms with E-state index in [0.717, 1.165) is 19.4 Å². The molecule has 1 aliphatic carbocycles. The number of nitrogens with zero attached hydrogens (tertiary/aromatic N) is 1. The molecule has 2 aliphatic rings. The van der Waals surface area contributed by atoms with Crippen LogP contribution in [0.4, 0.5) is 4.39 Å². The fourth-order valence-electron chi connectivity index (χ4n) is 2.67. The second-order valence-electron chi connectivity index (χ2n) is 7.26. The predicted molar refractivity (Wildman–Crippen MR) is 74.9 cm³/mol. The van der Waals surface area contributed by atoms with Gasteiger partial charge in [-0.2, -0.15) is 0 Å². The number of hydrogen-bond donors (Lipinski definition) is 1. The molecule has 1 saturated carbocycles. The van der Waals surface area contributed by atoms with Crippen LogP contribution >= 0.6 is 0 Å². The summed E-state index contributed by atoms with van der Waals surface area (Å²) in [5, 5.41) is 2.65. The van der Waals surface area contributed by atoms with E-state index in [1.807, 2.05) is 32.6 Å². The van der Waals surface area contributed by atoms with Crippen LogP contribution in [0.15, 0.2) is 0 Å². The minimum absolute atomic E-state index is 0.0832. The zero-order valence-corrected chi connectivity index (χ0v) is 12.8. The van der Waals surface area contributed by atoms with Crippen LogP contribution in [0.5, 0.6) is 0 Å². The summed E-state index contributed by atoms with van der Waals surface area (Å²) in [5.41, 5.74) is -2.17. The zero-order chi connectivity index (χ0) is 15.1. The van der Waals surface area contributed by atoms with E-state index in [4.69, 9.17) is 0 Å². The zero-order valence-electron chi connectivity index (χ0n) is 12.8. The molecule has 0 bridgehead atoms. The maximum Gasteiger partial charge on any atom is 0.258 e. The van der Waals surface area contributed by atoms with Crippen LogP contribution in [0.2, 0.25) is 0 Å². The van der Waals surface area contributed by atoms with Crippen LogP contribution in [0, 0.1) is 5.41 Å². The van der Waals surface area contributed by atoms with E-state index < -0.39 is 23.0 Å². The molecule has 0 spiro atoms. The van der Waals surface area contributed by atoms with Gasteiger partial charge in [0.2, 0.25) is 5.91 Å². The lowest BCUT2D eigenvalue weighted by Crippen LogP contribution is -2.57. The Morgan fingerprint density at radius 1 is 1.35 bits per heavy atom. The first-order valence-electron chi connectivity index (χ1n) is 7.45. The SMILES string of the molecule is C[C@@H]1CCCN1C(=O)C(NC(=O)C1(F)CC1)C(C)(C)C. The Morgan fingerprint density at radius 3 is 2.35 bits per heavy atom. The van der Waals surface area contributed by atoms with Gasteiger partial charge in [0.15, 0.2) is 5.67 Å². The molecule has 0 aromatic heterocycles. The first kappa shape index (κ1) is 15.3. The lowest BCUT2D eigenvalue weighted by molar-refractivity contribution is -0.141. The fraction of sp³-hybridized carbons (Fsp3) is 0.867. The Morgan fingerprint density at radius 2 is 1.95 bits per heavy atom. The van der Waals surface area contributed by atoms with Crippen LogP contribution in [-0.2, 0) is 9.59 Å². The van der Waals surface area contributed by atoms with E-state index >= 15 is 0 Å². The highest BCUT2D eigenvalue weighted by Crippen LogP contribution is 2.40. The van der Waals surface area contributed by atoms with Gasteiger partial charge in [-0.25, -0.2) is 4.39 Å². The first-order valence-corrected chi connectivity index (χ1v) is 7.45. The summed E-state index contributed by atoms with van der Waals surface area (Å²) in [6.45, 7) is 8.43. The summed E-state index contributed by atoms with van der Waals surface area (Å²) in [6, 6.07) is -0.465. The standard InChI is InChI=1S/C15H25FN2O2/c1-10-6-5-9-18(10)12(19)11(14(2,3)4)17-13(20)15(16)7-8-15/h10-11H,5-9H2,1-4H3,(H,17,20)/t10-,11?/m1/s1. The van der Waals surface area contributed by atoms with E-state index in [0.29, 0.717) is 0 Å². The smallest absolute Gasteiger partial charge is 0.258 e. The van der Waals surface area contributed by atoms with Crippen molar-refractivity contribution in [1.29, 1.82) is 0 Å². The average molecular weight is 284 g/mol. The molecule has 0 aromatic rings. The molecule has 1 heterocycles. The third-order valence-electron chi connectivity index (χ3n) is 4.32. The molecule has 0 aromatic carbocycles. The van der Waals surface area contributed by atoms with Gasteiger partial charge in [-0.15, -0.1) is 0 Å². The second kappa shape index (κ2) is 5.01. The van der Waals surface area contributed by atoms with Crippen molar-refractivity contribution >= 4 is 11.8 Å². The van der Waals surface area contributed by atoms with E-state index in [9.17, 15) is 14.0 Å². The minimum Gasteiger partial charge on any atom is -0.341 e. The number of nitrogens with one attached hydrogen (secondary N) is 1. The third-order valence-corrected chi connectivity index (χ3v) is 4.32. The van der Waals surface area contributed by atoms with Crippen LogP contribution in [0.3, 0.4) is 0 Å². The van der Waals surface area contributed by atoms with Gasteiger partial charge >= 0.3 is 0 Å². The number of carbonyl (C=O) groups excluding carboxylic acids is 2. The molecule has 114 valence electrons. The van der Waals surface area contributed by atoms with Gasteiger partial charge in [0.05, 0.1) is 0 Å². The van der Waals surface area contributed by atoms with Crippen LogP contribution < -0.4 is 5.32 Å². The van der Waals surface area contributed by atoms with E-state index in [1.165, 1.54) is 0 Å². The lowest BCUT2D eigenvalue weighted by Gasteiger charge is -2.35. The van der Waals surface area contributed by atoms with Gasteiger partial charge < -0.3 is 10.2 Å². The number of alkyl halides is 1. The molecule has 0 radical (unpaired) electrons. The van der Waals surface area contributed by atoms with Crippen molar-refractivity contribution in [3.05, 3.63) is 0 Å². The van der Waals surface area contributed by atoms with Crippen molar-refractivity contribution in [3.8, 4) is 0 Å². The van der Waals surface area contributed by atoms with Crippen molar-refractivity contribution in [2.24, 2.45) is 5.41 Å². The Kier molecular flexibility index (Phi) is 3.82. The highest BCUT2D eigenvalue weighted by atomic mass is 19.1. The molecule has 5 heteroatoms. The Balaban J connectivity index is 2.11. The summed E-state index contributed by atoms with van der Waals surface area (Å²) in [4.78, 5) is 26.4. The molecule has 1 aliphatic heterocycles. The normalized spacial score (nSPS) is 26.2.